The lowest BCUT2D eigenvalue weighted by molar-refractivity contribution is 0.171. The Morgan fingerprint density at radius 3 is 2.57 bits per heavy atom. The normalized spacial score (nSPS) is 9.86. The second kappa shape index (κ2) is 6.42. The first-order chi connectivity index (χ1) is 6.83. The van der Waals surface area contributed by atoms with E-state index >= 15 is 0 Å². The van der Waals surface area contributed by atoms with Gasteiger partial charge in [0.05, 0.1) is 0 Å². The largest absolute Gasteiger partial charge is 0.710 e. The summed E-state index contributed by atoms with van der Waals surface area (Å²) >= 11 is 0. The van der Waals surface area contributed by atoms with Gasteiger partial charge in [0, 0.05) is 13.2 Å². The van der Waals surface area contributed by atoms with Crippen LogP contribution in [-0.2, 0) is 4.65 Å². The third kappa shape index (κ3) is 4.27. The van der Waals surface area contributed by atoms with Crippen LogP contribution >= 0.6 is 0 Å². The minimum absolute atomic E-state index is 0.0397. The van der Waals surface area contributed by atoms with Crippen LogP contribution in [0.15, 0.2) is 30.3 Å². The van der Waals surface area contributed by atoms with Gasteiger partial charge in [-0.1, -0.05) is 18.2 Å². The van der Waals surface area contributed by atoms with Gasteiger partial charge in [-0.15, -0.1) is 0 Å². The highest BCUT2D eigenvalue weighted by molar-refractivity contribution is 6.35. The van der Waals surface area contributed by atoms with Gasteiger partial charge < -0.3 is 19.4 Å². The Morgan fingerprint density at radius 2 is 1.93 bits per heavy atom. The summed E-state index contributed by atoms with van der Waals surface area (Å²) in [5, 5.41) is 17.7. The molecule has 0 unspecified atom stereocenters. The number of aliphatic hydroxyl groups excluding tert-OH is 1. The summed E-state index contributed by atoms with van der Waals surface area (Å²) in [5.74, 6) is 0.545. The van der Waals surface area contributed by atoms with Gasteiger partial charge in [-0.3, -0.25) is 0 Å². The van der Waals surface area contributed by atoms with Crippen LogP contribution in [0.5, 0.6) is 5.75 Å². The first-order valence-electron chi connectivity index (χ1n) is 4.45. The minimum atomic E-state index is -1.27. The Hall–Kier alpha value is -1.04. The maximum Gasteiger partial charge on any atom is 0.710 e. The summed E-state index contributed by atoms with van der Waals surface area (Å²) in [6.45, 7) is 0.308. The van der Waals surface area contributed by atoms with E-state index in [1.807, 2.05) is 6.07 Å². The molecule has 0 spiro atoms. The SMILES string of the molecule is OCCCOB(O)Oc1ccccc1. The fourth-order valence-electron chi connectivity index (χ4n) is 0.898. The second-order valence-electron chi connectivity index (χ2n) is 2.69. The number of hydrogen-bond acceptors (Lipinski definition) is 4. The van der Waals surface area contributed by atoms with Gasteiger partial charge in [0.15, 0.2) is 0 Å². The monoisotopic (exact) mass is 196 g/mol. The molecule has 1 aromatic carbocycles. The zero-order valence-electron chi connectivity index (χ0n) is 7.80. The van der Waals surface area contributed by atoms with Crippen molar-refractivity contribution in [2.45, 2.75) is 6.42 Å². The third-order valence-electron chi connectivity index (χ3n) is 1.54. The van der Waals surface area contributed by atoms with Gasteiger partial charge in [-0.2, -0.15) is 0 Å². The van der Waals surface area contributed by atoms with E-state index in [1.54, 1.807) is 24.3 Å². The van der Waals surface area contributed by atoms with Crippen LogP contribution in [0.25, 0.3) is 0 Å². The quantitative estimate of drug-likeness (QED) is 0.512. The number of aliphatic hydroxyl groups is 1. The van der Waals surface area contributed by atoms with Crippen LogP contribution in [-0.4, -0.2) is 30.7 Å². The highest BCUT2D eigenvalue weighted by atomic mass is 16.7. The fraction of sp³-hybridized carbons (Fsp3) is 0.333. The highest BCUT2D eigenvalue weighted by Crippen LogP contribution is 2.08. The van der Waals surface area contributed by atoms with E-state index in [-0.39, 0.29) is 13.2 Å². The average Bonchev–Trinajstić information content (AvgIpc) is 2.20. The van der Waals surface area contributed by atoms with E-state index in [4.69, 9.17) is 14.4 Å². The summed E-state index contributed by atoms with van der Waals surface area (Å²) in [5.41, 5.74) is 0. The molecule has 0 heterocycles. The molecule has 0 amide bonds. The molecule has 0 saturated carbocycles. The predicted molar refractivity (Wildman–Crippen MR) is 52.7 cm³/mol. The van der Waals surface area contributed by atoms with Crippen molar-refractivity contribution in [1.29, 1.82) is 0 Å². The van der Waals surface area contributed by atoms with Crippen molar-refractivity contribution in [2.75, 3.05) is 13.2 Å². The zero-order valence-corrected chi connectivity index (χ0v) is 7.80. The van der Waals surface area contributed by atoms with Crippen molar-refractivity contribution < 1.29 is 19.4 Å². The molecule has 0 radical (unpaired) electrons. The summed E-state index contributed by atoms with van der Waals surface area (Å²) < 4.78 is 9.87. The smallest absolute Gasteiger partial charge is 0.512 e. The summed E-state index contributed by atoms with van der Waals surface area (Å²) in [6.07, 6.45) is 0.481. The minimum Gasteiger partial charge on any atom is -0.512 e. The second-order valence-corrected chi connectivity index (χ2v) is 2.69. The van der Waals surface area contributed by atoms with Gasteiger partial charge >= 0.3 is 7.32 Å². The van der Waals surface area contributed by atoms with E-state index in [0.717, 1.165) is 0 Å². The van der Waals surface area contributed by atoms with Gasteiger partial charge in [-0.25, -0.2) is 0 Å². The van der Waals surface area contributed by atoms with Crippen LogP contribution in [0.1, 0.15) is 6.42 Å². The molecule has 0 atom stereocenters. The van der Waals surface area contributed by atoms with E-state index in [0.29, 0.717) is 12.2 Å². The van der Waals surface area contributed by atoms with Crippen molar-refractivity contribution in [1.82, 2.24) is 0 Å². The van der Waals surface area contributed by atoms with Gasteiger partial charge in [-0.05, 0) is 18.6 Å². The average molecular weight is 196 g/mol. The number of benzene rings is 1. The lowest BCUT2D eigenvalue weighted by Crippen LogP contribution is -2.26. The summed E-state index contributed by atoms with van der Waals surface area (Å²) in [7, 11) is -1.27. The Labute approximate surface area is 83.3 Å². The molecule has 0 aromatic heterocycles. The lowest BCUT2D eigenvalue weighted by Gasteiger charge is -2.08. The lowest BCUT2D eigenvalue weighted by atomic mass is 10.2. The van der Waals surface area contributed by atoms with E-state index in [9.17, 15) is 5.02 Å². The molecule has 14 heavy (non-hydrogen) atoms. The first kappa shape index (κ1) is 11.0. The van der Waals surface area contributed by atoms with Crippen molar-refractivity contribution in [3.8, 4) is 5.75 Å². The number of hydrogen-bond donors (Lipinski definition) is 2. The fourth-order valence-corrected chi connectivity index (χ4v) is 0.898. The number of rotatable bonds is 6. The molecule has 0 saturated heterocycles. The van der Waals surface area contributed by atoms with E-state index < -0.39 is 7.32 Å². The Balaban J connectivity index is 2.23. The van der Waals surface area contributed by atoms with Crippen molar-refractivity contribution in [3.05, 3.63) is 30.3 Å². The maximum absolute atomic E-state index is 9.20. The standard InChI is InChI=1S/C9H13BO4/c11-7-4-8-13-10(12)14-9-5-2-1-3-6-9/h1-3,5-6,11-12H,4,7-8H2. The molecule has 1 aromatic rings. The molecule has 76 valence electrons. The van der Waals surface area contributed by atoms with Crippen LogP contribution in [0.4, 0.5) is 0 Å². The summed E-state index contributed by atoms with van der Waals surface area (Å²) in [4.78, 5) is 0. The molecule has 0 aliphatic heterocycles. The van der Waals surface area contributed by atoms with Crippen LogP contribution in [0.3, 0.4) is 0 Å². The summed E-state index contributed by atoms with van der Waals surface area (Å²) in [6, 6.07) is 8.90. The van der Waals surface area contributed by atoms with Crippen molar-refractivity contribution in [3.63, 3.8) is 0 Å². The van der Waals surface area contributed by atoms with Crippen LogP contribution in [0, 0.1) is 0 Å². The van der Waals surface area contributed by atoms with Crippen molar-refractivity contribution in [2.24, 2.45) is 0 Å². The molecule has 5 heteroatoms. The molecule has 0 fully saturated rings. The topological polar surface area (TPSA) is 58.9 Å². The molecule has 4 nitrogen and oxygen atoms in total. The Bertz CT molecular complexity index is 242. The van der Waals surface area contributed by atoms with E-state index in [2.05, 4.69) is 0 Å². The third-order valence-corrected chi connectivity index (χ3v) is 1.54. The molecule has 2 N–H and O–H groups in total. The maximum atomic E-state index is 9.20. The van der Waals surface area contributed by atoms with Gasteiger partial charge in [0.2, 0.25) is 0 Å². The number of para-hydroxylation sites is 1. The highest BCUT2D eigenvalue weighted by Gasteiger charge is 2.17. The van der Waals surface area contributed by atoms with Gasteiger partial charge in [0.25, 0.3) is 0 Å². The Morgan fingerprint density at radius 1 is 1.21 bits per heavy atom. The van der Waals surface area contributed by atoms with Gasteiger partial charge in [0.1, 0.15) is 5.75 Å². The molecule has 0 aliphatic rings. The van der Waals surface area contributed by atoms with Crippen LogP contribution < -0.4 is 4.65 Å². The molecular formula is C9H13BO4. The Kier molecular flexibility index (Phi) is 5.07. The van der Waals surface area contributed by atoms with Crippen molar-refractivity contribution >= 4 is 7.32 Å². The first-order valence-corrected chi connectivity index (χ1v) is 4.45. The van der Waals surface area contributed by atoms with Crippen LogP contribution in [0.2, 0.25) is 0 Å². The molecule has 0 bridgehead atoms. The van der Waals surface area contributed by atoms with E-state index in [1.165, 1.54) is 0 Å². The molecule has 0 aliphatic carbocycles. The zero-order chi connectivity index (χ0) is 10.2. The predicted octanol–water partition coefficient (Wildman–Crippen LogP) is 0.442. The molecular weight excluding hydrogens is 183 g/mol. The molecule has 1 rings (SSSR count).